The van der Waals surface area contributed by atoms with Gasteiger partial charge < -0.3 is 0 Å². The fourth-order valence-electron chi connectivity index (χ4n) is 7.81. The minimum Gasteiger partial charge on any atom is -0.158 e. The summed E-state index contributed by atoms with van der Waals surface area (Å²) in [4.78, 5) is 0. The van der Waals surface area contributed by atoms with Gasteiger partial charge in [-0.15, -0.1) is 0 Å². The van der Waals surface area contributed by atoms with Crippen molar-refractivity contribution in [3.63, 3.8) is 0 Å². The monoisotopic (exact) mass is 332 g/mol. The minimum absolute atomic E-state index is 0.965. The van der Waals surface area contributed by atoms with Crippen molar-refractivity contribution in [2.45, 2.75) is 54.8 Å². The smallest absolute Gasteiger partial charge is 0.00842 e. The van der Waals surface area contributed by atoms with E-state index in [2.05, 4.69) is 42.6 Å². The van der Waals surface area contributed by atoms with Gasteiger partial charge in [-0.1, -0.05) is 19.1 Å². The molecule has 11 atom stereocenters. The fourth-order valence-corrected chi connectivity index (χ4v) is 11.6. The van der Waals surface area contributed by atoms with Crippen LogP contribution in [-0.4, -0.2) is 21.5 Å². The van der Waals surface area contributed by atoms with E-state index in [0.717, 1.165) is 63.1 Å². The van der Waals surface area contributed by atoms with E-state index in [1.807, 2.05) is 0 Å². The summed E-state index contributed by atoms with van der Waals surface area (Å²) in [5.41, 5.74) is 0. The molecule has 0 aromatic heterocycles. The Labute approximate surface area is 143 Å². The van der Waals surface area contributed by atoms with E-state index in [1.165, 1.54) is 12.2 Å². The maximum Gasteiger partial charge on any atom is 0.00842 e. The molecular weight excluding hydrogens is 304 g/mol. The summed E-state index contributed by atoms with van der Waals surface area (Å²) in [6, 6.07) is 0. The molecule has 4 saturated carbocycles. The summed E-state index contributed by atoms with van der Waals surface area (Å²) in [5.74, 6) is 10.1. The van der Waals surface area contributed by atoms with Gasteiger partial charge in [-0.3, -0.25) is 0 Å². The van der Waals surface area contributed by atoms with Crippen molar-refractivity contribution >= 4 is 23.5 Å². The average Bonchev–Trinajstić information content (AvgIpc) is 3.27. The lowest BCUT2D eigenvalue weighted by atomic mass is 9.79. The van der Waals surface area contributed by atoms with Gasteiger partial charge in [-0.2, -0.15) is 23.5 Å². The highest BCUT2D eigenvalue weighted by Gasteiger charge is 2.59. The Morgan fingerprint density at radius 3 is 2.68 bits per heavy atom. The van der Waals surface area contributed by atoms with Crippen LogP contribution in [0, 0.1) is 47.3 Å². The first-order valence-corrected chi connectivity index (χ1v) is 11.7. The van der Waals surface area contributed by atoms with Gasteiger partial charge in [0, 0.05) is 15.7 Å². The van der Waals surface area contributed by atoms with Crippen LogP contribution in [0.1, 0.15) is 39.0 Å². The highest BCUT2D eigenvalue weighted by atomic mass is 32.2. The first-order chi connectivity index (χ1) is 10.8. The average molecular weight is 333 g/mol. The quantitative estimate of drug-likeness (QED) is 0.646. The molecule has 2 heteroatoms. The Bertz CT molecular complexity index is 514. The molecule has 1 saturated heterocycles. The molecule has 0 spiro atoms. The van der Waals surface area contributed by atoms with Crippen molar-refractivity contribution in [2.24, 2.45) is 47.3 Å². The standard InChI is InChI=1S/C20H28S2/c1-10-20-16-6-12(17(20)9-21-10)8-19(16)22-18-7-11-5-15(18)14-4-2-3-13(11)14/h2-3,10-20H,4-9H2,1H3. The van der Waals surface area contributed by atoms with Crippen LogP contribution in [0.3, 0.4) is 0 Å². The molecule has 120 valence electrons. The Kier molecular flexibility index (Phi) is 2.96. The van der Waals surface area contributed by atoms with Gasteiger partial charge in [0.25, 0.3) is 0 Å². The molecule has 0 amide bonds. The third-order valence-electron chi connectivity index (χ3n) is 8.57. The topological polar surface area (TPSA) is 0 Å². The van der Waals surface area contributed by atoms with Gasteiger partial charge in [-0.25, -0.2) is 0 Å². The van der Waals surface area contributed by atoms with Crippen LogP contribution in [0.15, 0.2) is 12.2 Å². The first kappa shape index (κ1) is 13.7. The molecule has 0 N–H and O–H groups in total. The summed E-state index contributed by atoms with van der Waals surface area (Å²) in [5, 5.41) is 3.05. The maximum atomic E-state index is 2.58. The van der Waals surface area contributed by atoms with E-state index >= 15 is 0 Å². The molecule has 22 heavy (non-hydrogen) atoms. The molecule has 0 radical (unpaired) electrons. The molecule has 1 heterocycles. The largest absolute Gasteiger partial charge is 0.158 e. The second-order valence-corrected chi connectivity index (χ2v) is 12.1. The summed E-state index contributed by atoms with van der Waals surface area (Å²) >= 11 is 4.79. The zero-order valence-corrected chi connectivity index (χ0v) is 15.2. The fraction of sp³-hybridized carbons (Fsp3) is 0.900. The Morgan fingerprint density at radius 1 is 0.909 bits per heavy atom. The molecule has 0 nitrogen and oxygen atoms in total. The molecule has 5 fully saturated rings. The lowest BCUT2D eigenvalue weighted by Gasteiger charge is -2.37. The Balaban J connectivity index is 1.18. The van der Waals surface area contributed by atoms with Crippen LogP contribution < -0.4 is 0 Å². The second-order valence-electron chi connectivity index (χ2n) is 9.19. The highest BCUT2D eigenvalue weighted by molar-refractivity contribution is 8.00. The van der Waals surface area contributed by atoms with Crippen LogP contribution in [0.2, 0.25) is 0 Å². The maximum absolute atomic E-state index is 2.58. The van der Waals surface area contributed by atoms with E-state index in [9.17, 15) is 0 Å². The molecule has 11 unspecified atom stereocenters. The number of rotatable bonds is 2. The molecule has 0 aromatic carbocycles. The SMILES string of the molecule is CC1SCC2C3CC(SC4CC5CC4C4CC=CC54)C(C3)C12. The van der Waals surface area contributed by atoms with Crippen molar-refractivity contribution in [1.29, 1.82) is 0 Å². The Hall–Kier alpha value is 0.440. The third-order valence-corrected chi connectivity index (χ3v) is 11.8. The zero-order chi connectivity index (χ0) is 14.4. The predicted molar refractivity (Wildman–Crippen MR) is 97.2 cm³/mol. The van der Waals surface area contributed by atoms with Crippen LogP contribution in [0.5, 0.6) is 0 Å². The van der Waals surface area contributed by atoms with Gasteiger partial charge >= 0.3 is 0 Å². The first-order valence-electron chi connectivity index (χ1n) is 9.73. The lowest BCUT2D eigenvalue weighted by molar-refractivity contribution is 0.260. The number of thioether (sulfide) groups is 2. The zero-order valence-electron chi connectivity index (χ0n) is 13.6. The van der Waals surface area contributed by atoms with Crippen molar-refractivity contribution in [1.82, 2.24) is 0 Å². The van der Waals surface area contributed by atoms with Crippen LogP contribution in [0.25, 0.3) is 0 Å². The number of allylic oxidation sites excluding steroid dienone is 2. The van der Waals surface area contributed by atoms with Crippen molar-refractivity contribution in [2.75, 3.05) is 5.75 Å². The van der Waals surface area contributed by atoms with Crippen LogP contribution >= 0.6 is 23.5 Å². The van der Waals surface area contributed by atoms with Crippen molar-refractivity contribution in [3.8, 4) is 0 Å². The summed E-state index contributed by atoms with van der Waals surface area (Å²) in [6.45, 7) is 2.53. The van der Waals surface area contributed by atoms with E-state index < -0.39 is 0 Å². The number of fused-ring (bicyclic) bond motifs is 10. The Morgan fingerprint density at radius 2 is 1.73 bits per heavy atom. The lowest BCUT2D eigenvalue weighted by Crippen LogP contribution is -2.34. The minimum atomic E-state index is 0.965. The summed E-state index contributed by atoms with van der Waals surface area (Å²) < 4.78 is 0. The molecular formula is C20H28S2. The normalized spacial score (nSPS) is 63.8. The molecule has 6 aliphatic rings. The van der Waals surface area contributed by atoms with Gasteiger partial charge in [0.15, 0.2) is 0 Å². The van der Waals surface area contributed by atoms with E-state index in [4.69, 9.17) is 0 Å². The summed E-state index contributed by atoms with van der Waals surface area (Å²) in [6.07, 6.45) is 12.8. The van der Waals surface area contributed by atoms with Gasteiger partial charge in [0.1, 0.15) is 0 Å². The highest BCUT2D eigenvalue weighted by Crippen LogP contribution is 2.65. The third kappa shape index (κ3) is 1.70. The molecule has 4 bridgehead atoms. The van der Waals surface area contributed by atoms with Crippen LogP contribution in [0.4, 0.5) is 0 Å². The molecule has 1 aliphatic heterocycles. The van der Waals surface area contributed by atoms with Crippen molar-refractivity contribution in [3.05, 3.63) is 12.2 Å². The molecule has 0 aromatic rings. The number of hydrogen-bond acceptors (Lipinski definition) is 2. The van der Waals surface area contributed by atoms with Crippen molar-refractivity contribution < 1.29 is 0 Å². The molecule has 6 rings (SSSR count). The van der Waals surface area contributed by atoms with Gasteiger partial charge in [-0.05, 0) is 85.2 Å². The predicted octanol–water partition coefficient (Wildman–Crippen LogP) is 5.10. The van der Waals surface area contributed by atoms with Gasteiger partial charge in [0.2, 0.25) is 0 Å². The van der Waals surface area contributed by atoms with Crippen LogP contribution in [-0.2, 0) is 0 Å². The summed E-state index contributed by atoms with van der Waals surface area (Å²) in [7, 11) is 0. The van der Waals surface area contributed by atoms with E-state index in [0.29, 0.717) is 0 Å². The van der Waals surface area contributed by atoms with E-state index in [1.54, 1.807) is 25.7 Å². The second kappa shape index (κ2) is 4.75. The number of hydrogen-bond donors (Lipinski definition) is 0. The van der Waals surface area contributed by atoms with E-state index in [-0.39, 0.29) is 0 Å². The van der Waals surface area contributed by atoms with Gasteiger partial charge in [0.05, 0.1) is 0 Å². The molecule has 5 aliphatic carbocycles.